The maximum atomic E-state index is 14.0. The number of rotatable bonds is 5. The third kappa shape index (κ3) is 3.64. The Morgan fingerprint density at radius 1 is 1.37 bits per heavy atom. The van der Waals surface area contributed by atoms with Crippen molar-refractivity contribution in [1.82, 2.24) is 0 Å². The Balaban J connectivity index is 1.71. The molecule has 1 amide bonds. The lowest BCUT2D eigenvalue weighted by Crippen LogP contribution is -2.21. The Morgan fingerprint density at radius 2 is 2.11 bits per heavy atom. The summed E-state index contributed by atoms with van der Waals surface area (Å²) in [5.41, 5.74) is 1.40. The highest BCUT2D eigenvalue weighted by Gasteiger charge is 2.32. The van der Waals surface area contributed by atoms with Crippen molar-refractivity contribution in [3.8, 4) is 5.75 Å². The Morgan fingerprint density at radius 3 is 2.78 bits per heavy atom. The van der Waals surface area contributed by atoms with E-state index in [1.165, 1.54) is 30.3 Å². The standard InChI is InChI=1S/C19H17FN2O5/c1-10-7-12(22(25)26)3-5-14(10)21-17(24)9-27-16-6-4-13(20)18-11(2)8-15(23)19(16)18/h3-7,11H,8-9H2,1-2H3,(H,21,24)/t11-/m0/s1. The van der Waals surface area contributed by atoms with E-state index in [9.17, 15) is 24.1 Å². The Hall–Kier alpha value is -3.29. The van der Waals surface area contributed by atoms with E-state index in [1.54, 1.807) is 13.8 Å². The summed E-state index contributed by atoms with van der Waals surface area (Å²) in [6.07, 6.45) is 0.209. The van der Waals surface area contributed by atoms with Crippen LogP contribution in [0.4, 0.5) is 15.8 Å². The molecule has 2 aromatic rings. The number of carbonyl (C=O) groups excluding carboxylic acids is 2. The van der Waals surface area contributed by atoms with Crippen LogP contribution in [0.2, 0.25) is 0 Å². The number of Topliss-reactive ketones (excluding diaryl/α,β-unsaturated/α-hetero) is 1. The van der Waals surface area contributed by atoms with Crippen LogP contribution < -0.4 is 10.1 Å². The second-order valence-electron chi connectivity index (χ2n) is 6.46. The zero-order valence-electron chi connectivity index (χ0n) is 14.7. The monoisotopic (exact) mass is 372 g/mol. The minimum Gasteiger partial charge on any atom is -0.483 e. The van der Waals surface area contributed by atoms with Crippen molar-refractivity contribution in [3.05, 3.63) is 63.0 Å². The third-order valence-electron chi connectivity index (χ3n) is 4.47. The van der Waals surface area contributed by atoms with Crippen LogP contribution in [-0.2, 0) is 4.79 Å². The van der Waals surface area contributed by atoms with E-state index < -0.39 is 16.6 Å². The average molecular weight is 372 g/mol. The molecule has 27 heavy (non-hydrogen) atoms. The number of nitrogens with zero attached hydrogens (tertiary/aromatic N) is 1. The highest BCUT2D eigenvalue weighted by Crippen LogP contribution is 2.39. The second kappa shape index (κ2) is 7.14. The number of anilines is 1. The molecule has 0 saturated heterocycles. The van der Waals surface area contributed by atoms with Crippen molar-refractivity contribution in [1.29, 1.82) is 0 Å². The van der Waals surface area contributed by atoms with E-state index in [0.29, 0.717) is 16.8 Å². The minimum absolute atomic E-state index is 0.0729. The molecule has 0 radical (unpaired) electrons. The zero-order valence-corrected chi connectivity index (χ0v) is 14.7. The highest BCUT2D eigenvalue weighted by atomic mass is 19.1. The number of carbonyl (C=O) groups is 2. The number of benzene rings is 2. The predicted molar refractivity (Wildman–Crippen MR) is 95.7 cm³/mol. The molecule has 1 aliphatic carbocycles. The maximum Gasteiger partial charge on any atom is 0.269 e. The number of nitro benzene ring substituents is 1. The lowest BCUT2D eigenvalue weighted by molar-refractivity contribution is -0.384. The van der Waals surface area contributed by atoms with E-state index in [0.717, 1.165) is 0 Å². The summed E-state index contributed by atoms with van der Waals surface area (Å²) in [4.78, 5) is 34.5. The Labute approximate surface area is 154 Å². The fourth-order valence-corrected chi connectivity index (χ4v) is 3.18. The highest BCUT2D eigenvalue weighted by molar-refractivity contribution is 6.04. The largest absolute Gasteiger partial charge is 0.483 e. The fraction of sp³-hybridized carbons (Fsp3) is 0.263. The van der Waals surface area contributed by atoms with Gasteiger partial charge in [-0.3, -0.25) is 19.7 Å². The lowest BCUT2D eigenvalue weighted by atomic mass is 10.0. The van der Waals surface area contributed by atoms with E-state index >= 15 is 0 Å². The molecule has 0 bridgehead atoms. The van der Waals surface area contributed by atoms with Gasteiger partial charge in [-0.2, -0.15) is 0 Å². The summed E-state index contributed by atoms with van der Waals surface area (Å²) in [6, 6.07) is 6.64. The van der Waals surface area contributed by atoms with Gasteiger partial charge in [0.2, 0.25) is 0 Å². The molecule has 0 aliphatic heterocycles. The minimum atomic E-state index is -0.519. The second-order valence-corrected chi connectivity index (χ2v) is 6.46. The van der Waals surface area contributed by atoms with Crippen LogP contribution in [-0.4, -0.2) is 23.2 Å². The molecule has 2 aromatic carbocycles. The zero-order chi connectivity index (χ0) is 19.7. The summed E-state index contributed by atoms with van der Waals surface area (Å²) in [5, 5.41) is 13.4. The summed E-state index contributed by atoms with van der Waals surface area (Å²) in [5.74, 6) is -1.22. The van der Waals surface area contributed by atoms with Crippen molar-refractivity contribution in [2.75, 3.05) is 11.9 Å². The molecule has 0 spiro atoms. The molecule has 8 heteroatoms. The molecular weight excluding hydrogens is 355 g/mol. The summed E-state index contributed by atoms with van der Waals surface area (Å²) in [7, 11) is 0. The van der Waals surface area contributed by atoms with Gasteiger partial charge in [0.05, 0.1) is 10.5 Å². The van der Waals surface area contributed by atoms with Gasteiger partial charge in [0, 0.05) is 29.8 Å². The molecule has 1 N–H and O–H groups in total. The summed E-state index contributed by atoms with van der Waals surface area (Å²) < 4.78 is 19.4. The molecular formula is C19H17FN2O5. The van der Waals surface area contributed by atoms with Crippen LogP contribution in [0.25, 0.3) is 0 Å². The number of ketones is 1. The SMILES string of the molecule is Cc1cc([N+](=O)[O-])ccc1NC(=O)COc1ccc(F)c2c1C(=O)C[C@@H]2C. The van der Waals surface area contributed by atoms with Gasteiger partial charge < -0.3 is 10.1 Å². The quantitative estimate of drug-likeness (QED) is 0.637. The molecule has 140 valence electrons. The van der Waals surface area contributed by atoms with Crippen molar-refractivity contribution >= 4 is 23.1 Å². The normalized spacial score (nSPS) is 15.4. The topological polar surface area (TPSA) is 98.5 Å². The Kier molecular flexibility index (Phi) is 4.89. The number of halogens is 1. The first kappa shape index (κ1) is 18.5. The number of nitro groups is 1. The number of aryl methyl sites for hydroxylation is 1. The van der Waals surface area contributed by atoms with Gasteiger partial charge in [-0.1, -0.05) is 6.92 Å². The molecule has 1 aliphatic rings. The fourth-order valence-electron chi connectivity index (χ4n) is 3.18. The Bertz CT molecular complexity index is 957. The van der Waals surface area contributed by atoms with Gasteiger partial charge in [0.25, 0.3) is 11.6 Å². The van der Waals surface area contributed by atoms with Crippen molar-refractivity contribution < 1.29 is 23.6 Å². The van der Waals surface area contributed by atoms with Crippen LogP contribution in [0.3, 0.4) is 0 Å². The molecule has 0 fully saturated rings. The van der Waals surface area contributed by atoms with E-state index in [-0.39, 0.29) is 41.7 Å². The van der Waals surface area contributed by atoms with Crippen LogP contribution in [0.15, 0.2) is 30.3 Å². The number of amides is 1. The number of nitrogens with one attached hydrogen (secondary N) is 1. The molecule has 7 nitrogen and oxygen atoms in total. The van der Waals surface area contributed by atoms with Gasteiger partial charge in [-0.25, -0.2) is 4.39 Å². The van der Waals surface area contributed by atoms with Crippen molar-refractivity contribution in [3.63, 3.8) is 0 Å². The molecule has 0 aromatic heterocycles. The predicted octanol–water partition coefficient (Wildman–Crippen LogP) is 3.75. The third-order valence-corrected chi connectivity index (χ3v) is 4.47. The van der Waals surface area contributed by atoms with Crippen LogP contribution in [0.5, 0.6) is 5.75 Å². The number of fused-ring (bicyclic) bond motifs is 1. The van der Waals surface area contributed by atoms with Gasteiger partial charge in [-0.15, -0.1) is 0 Å². The van der Waals surface area contributed by atoms with Gasteiger partial charge in [0.15, 0.2) is 12.4 Å². The summed E-state index contributed by atoms with van der Waals surface area (Å²) in [6.45, 7) is 3.02. The first-order valence-electron chi connectivity index (χ1n) is 8.31. The van der Waals surface area contributed by atoms with Crippen molar-refractivity contribution in [2.24, 2.45) is 0 Å². The first-order chi connectivity index (χ1) is 12.8. The average Bonchev–Trinajstić information content (AvgIpc) is 2.91. The van der Waals surface area contributed by atoms with Crippen molar-refractivity contribution in [2.45, 2.75) is 26.2 Å². The molecule has 3 rings (SSSR count). The molecule has 0 unspecified atom stereocenters. The first-order valence-corrected chi connectivity index (χ1v) is 8.31. The van der Waals surface area contributed by atoms with E-state index in [1.807, 2.05) is 0 Å². The van der Waals surface area contributed by atoms with E-state index in [2.05, 4.69) is 5.32 Å². The molecule has 0 saturated carbocycles. The van der Waals surface area contributed by atoms with Crippen LogP contribution in [0.1, 0.15) is 40.7 Å². The number of hydrogen-bond acceptors (Lipinski definition) is 5. The maximum absolute atomic E-state index is 14.0. The van der Waals surface area contributed by atoms with Gasteiger partial charge in [-0.05, 0) is 36.6 Å². The van der Waals surface area contributed by atoms with Gasteiger partial charge >= 0.3 is 0 Å². The number of ether oxygens (including phenoxy) is 1. The van der Waals surface area contributed by atoms with Crippen LogP contribution >= 0.6 is 0 Å². The molecule has 0 heterocycles. The van der Waals surface area contributed by atoms with Gasteiger partial charge in [0.1, 0.15) is 11.6 Å². The smallest absolute Gasteiger partial charge is 0.269 e. The summed E-state index contributed by atoms with van der Waals surface area (Å²) >= 11 is 0. The lowest BCUT2D eigenvalue weighted by Gasteiger charge is -2.12. The number of hydrogen-bond donors (Lipinski definition) is 1. The molecule has 1 atom stereocenters. The van der Waals surface area contributed by atoms with E-state index in [4.69, 9.17) is 4.74 Å². The van der Waals surface area contributed by atoms with Crippen LogP contribution in [0, 0.1) is 22.9 Å². The number of non-ortho nitro benzene ring substituents is 1.